The molecule has 0 bridgehead atoms. The number of carboxylic acids is 1. The number of carboxylic acid groups (broad SMARTS) is 1. The molecule has 0 heterocycles. The summed E-state index contributed by atoms with van der Waals surface area (Å²) in [5.74, 6) is -0.461. The Bertz CT molecular complexity index is 251. The van der Waals surface area contributed by atoms with Gasteiger partial charge in [0.25, 0.3) is 0 Å². The molecule has 4 N–H and O–H groups in total. The van der Waals surface area contributed by atoms with Crippen molar-refractivity contribution in [1.29, 1.82) is 0 Å². The molecule has 1 amide bonds. The summed E-state index contributed by atoms with van der Waals surface area (Å²) < 4.78 is 0. The lowest BCUT2D eigenvalue weighted by Crippen LogP contribution is -2.34. The highest BCUT2D eigenvalue weighted by atomic mass is 16.4. The molecular formula is C13H26N2O3. The second-order valence-electron chi connectivity index (χ2n) is 4.84. The Kier molecular flexibility index (Phi) is 9.28. The second kappa shape index (κ2) is 9.88. The van der Waals surface area contributed by atoms with E-state index in [9.17, 15) is 9.59 Å². The first-order valence-electron chi connectivity index (χ1n) is 6.70. The van der Waals surface area contributed by atoms with Crippen molar-refractivity contribution in [3.63, 3.8) is 0 Å². The van der Waals surface area contributed by atoms with Gasteiger partial charge in [0.2, 0.25) is 5.91 Å². The van der Waals surface area contributed by atoms with Crippen molar-refractivity contribution in [2.75, 3.05) is 6.54 Å². The van der Waals surface area contributed by atoms with E-state index < -0.39 is 5.97 Å². The normalized spacial score (nSPS) is 13.9. The minimum absolute atomic E-state index is 0.0348. The molecule has 0 spiro atoms. The van der Waals surface area contributed by atoms with Gasteiger partial charge in [-0.05, 0) is 32.2 Å². The molecule has 2 unspecified atom stereocenters. The maximum atomic E-state index is 11.6. The SMILES string of the molecule is CCCC(CCN)CCC(=O)NC(C)CC(=O)O. The van der Waals surface area contributed by atoms with E-state index in [0.29, 0.717) is 18.9 Å². The number of carbonyl (C=O) groups is 2. The van der Waals surface area contributed by atoms with Crippen molar-refractivity contribution < 1.29 is 14.7 Å². The number of nitrogens with one attached hydrogen (secondary N) is 1. The van der Waals surface area contributed by atoms with Crippen molar-refractivity contribution in [2.24, 2.45) is 11.7 Å². The monoisotopic (exact) mass is 258 g/mol. The molecule has 0 aliphatic heterocycles. The molecule has 5 nitrogen and oxygen atoms in total. The van der Waals surface area contributed by atoms with E-state index in [-0.39, 0.29) is 18.4 Å². The van der Waals surface area contributed by atoms with Crippen LogP contribution in [0.4, 0.5) is 0 Å². The third kappa shape index (κ3) is 8.98. The van der Waals surface area contributed by atoms with E-state index >= 15 is 0 Å². The number of amides is 1. The molecule has 2 atom stereocenters. The van der Waals surface area contributed by atoms with Crippen LogP contribution < -0.4 is 11.1 Å². The molecule has 0 saturated carbocycles. The van der Waals surface area contributed by atoms with Crippen LogP contribution in [0.25, 0.3) is 0 Å². The summed E-state index contributed by atoms with van der Waals surface area (Å²) in [5, 5.41) is 11.3. The molecule has 0 saturated heterocycles. The molecule has 0 aromatic carbocycles. The summed E-state index contributed by atoms with van der Waals surface area (Å²) in [4.78, 5) is 22.1. The highest BCUT2D eigenvalue weighted by Crippen LogP contribution is 2.16. The number of rotatable bonds is 10. The van der Waals surface area contributed by atoms with Gasteiger partial charge in [0.1, 0.15) is 0 Å². The van der Waals surface area contributed by atoms with Crippen LogP contribution >= 0.6 is 0 Å². The topological polar surface area (TPSA) is 92.4 Å². The Morgan fingerprint density at radius 1 is 1.28 bits per heavy atom. The van der Waals surface area contributed by atoms with Gasteiger partial charge in [-0.3, -0.25) is 9.59 Å². The molecular weight excluding hydrogens is 232 g/mol. The third-order valence-corrected chi connectivity index (χ3v) is 2.94. The Morgan fingerprint density at radius 3 is 2.44 bits per heavy atom. The predicted octanol–water partition coefficient (Wildman–Crippen LogP) is 1.51. The van der Waals surface area contributed by atoms with Crippen molar-refractivity contribution in [3.8, 4) is 0 Å². The number of hydrogen-bond acceptors (Lipinski definition) is 3. The van der Waals surface area contributed by atoms with E-state index in [0.717, 1.165) is 25.7 Å². The summed E-state index contributed by atoms with van der Waals surface area (Å²) in [6.45, 7) is 4.48. The maximum Gasteiger partial charge on any atom is 0.305 e. The first-order chi connectivity index (χ1) is 8.49. The molecule has 0 radical (unpaired) electrons. The number of carbonyl (C=O) groups excluding carboxylic acids is 1. The number of hydrogen-bond donors (Lipinski definition) is 3. The summed E-state index contributed by atoms with van der Waals surface area (Å²) in [6.07, 6.45) is 4.39. The van der Waals surface area contributed by atoms with Gasteiger partial charge in [-0.15, -0.1) is 0 Å². The minimum atomic E-state index is -0.894. The van der Waals surface area contributed by atoms with Crippen LogP contribution in [0.3, 0.4) is 0 Å². The molecule has 0 rings (SSSR count). The van der Waals surface area contributed by atoms with Crippen LogP contribution in [-0.4, -0.2) is 29.6 Å². The van der Waals surface area contributed by atoms with Crippen LogP contribution in [0.2, 0.25) is 0 Å². The fourth-order valence-corrected chi connectivity index (χ4v) is 2.07. The number of aliphatic carboxylic acids is 1. The summed E-state index contributed by atoms with van der Waals surface area (Å²) >= 11 is 0. The van der Waals surface area contributed by atoms with Crippen LogP contribution in [-0.2, 0) is 9.59 Å². The van der Waals surface area contributed by atoms with Crippen molar-refractivity contribution >= 4 is 11.9 Å². The van der Waals surface area contributed by atoms with Crippen molar-refractivity contribution in [1.82, 2.24) is 5.32 Å². The molecule has 0 aromatic heterocycles. The first-order valence-corrected chi connectivity index (χ1v) is 6.70. The highest BCUT2D eigenvalue weighted by molar-refractivity contribution is 5.77. The van der Waals surface area contributed by atoms with E-state index in [2.05, 4.69) is 12.2 Å². The first kappa shape index (κ1) is 16.9. The average Bonchev–Trinajstić information content (AvgIpc) is 2.25. The smallest absolute Gasteiger partial charge is 0.305 e. The average molecular weight is 258 g/mol. The van der Waals surface area contributed by atoms with Crippen molar-refractivity contribution in [2.45, 2.75) is 58.4 Å². The van der Waals surface area contributed by atoms with Gasteiger partial charge in [-0.2, -0.15) is 0 Å². The zero-order valence-corrected chi connectivity index (χ0v) is 11.4. The van der Waals surface area contributed by atoms with E-state index in [1.165, 1.54) is 0 Å². The summed E-state index contributed by atoms with van der Waals surface area (Å²) in [7, 11) is 0. The van der Waals surface area contributed by atoms with Gasteiger partial charge in [0.05, 0.1) is 6.42 Å². The second-order valence-corrected chi connectivity index (χ2v) is 4.84. The Labute approximate surface area is 109 Å². The standard InChI is InChI=1S/C13H26N2O3/c1-3-4-11(7-8-14)5-6-12(16)15-10(2)9-13(17)18/h10-11H,3-9,14H2,1-2H3,(H,15,16)(H,17,18). The summed E-state index contributed by atoms with van der Waals surface area (Å²) in [5.41, 5.74) is 5.54. The summed E-state index contributed by atoms with van der Waals surface area (Å²) in [6, 6.07) is -0.311. The van der Waals surface area contributed by atoms with E-state index in [4.69, 9.17) is 10.8 Å². The van der Waals surface area contributed by atoms with Crippen LogP contribution in [0.15, 0.2) is 0 Å². The van der Waals surface area contributed by atoms with Gasteiger partial charge < -0.3 is 16.2 Å². The van der Waals surface area contributed by atoms with Gasteiger partial charge in [-0.1, -0.05) is 19.8 Å². The molecule has 5 heteroatoms. The van der Waals surface area contributed by atoms with Crippen LogP contribution in [0.1, 0.15) is 52.4 Å². The van der Waals surface area contributed by atoms with Gasteiger partial charge in [-0.25, -0.2) is 0 Å². The zero-order valence-electron chi connectivity index (χ0n) is 11.4. The van der Waals surface area contributed by atoms with E-state index in [1.54, 1.807) is 6.92 Å². The predicted molar refractivity (Wildman–Crippen MR) is 71.2 cm³/mol. The molecule has 0 aliphatic rings. The van der Waals surface area contributed by atoms with E-state index in [1.807, 2.05) is 0 Å². The van der Waals surface area contributed by atoms with Gasteiger partial charge >= 0.3 is 5.97 Å². The Hall–Kier alpha value is -1.10. The minimum Gasteiger partial charge on any atom is -0.481 e. The third-order valence-electron chi connectivity index (χ3n) is 2.94. The van der Waals surface area contributed by atoms with Crippen LogP contribution in [0, 0.1) is 5.92 Å². The zero-order chi connectivity index (χ0) is 14.0. The quantitative estimate of drug-likeness (QED) is 0.554. The lowest BCUT2D eigenvalue weighted by molar-refractivity contribution is -0.137. The van der Waals surface area contributed by atoms with Gasteiger partial charge in [0, 0.05) is 12.5 Å². The fourth-order valence-electron chi connectivity index (χ4n) is 2.07. The lowest BCUT2D eigenvalue weighted by atomic mass is 9.94. The Morgan fingerprint density at radius 2 is 1.94 bits per heavy atom. The Balaban J connectivity index is 3.88. The fraction of sp³-hybridized carbons (Fsp3) is 0.846. The number of nitrogens with two attached hydrogens (primary N) is 1. The van der Waals surface area contributed by atoms with Crippen molar-refractivity contribution in [3.05, 3.63) is 0 Å². The molecule has 0 aromatic rings. The molecule has 106 valence electrons. The molecule has 18 heavy (non-hydrogen) atoms. The maximum absolute atomic E-state index is 11.6. The van der Waals surface area contributed by atoms with Crippen LogP contribution in [0.5, 0.6) is 0 Å². The largest absolute Gasteiger partial charge is 0.481 e. The lowest BCUT2D eigenvalue weighted by Gasteiger charge is -2.16. The van der Waals surface area contributed by atoms with Gasteiger partial charge in [0.15, 0.2) is 0 Å². The highest BCUT2D eigenvalue weighted by Gasteiger charge is 2.13. The molecule has 0 aliphatic carbocycles. The molecule has 0 fully saturated rings.